The molecule has 11 heteroatoms. The van der Waals surface area contributed by atoms with Crippen LogP contribution in [0.25, 0.3) is 28.5 Å². The second-order valence-electron chi connectivity index (χ2n) is 6.14. The molecule has 0 aliphatic rings. The van der Waals surface area contributed by atoms with E-state index in [2.05, 4.69) is 19.7 Å². The fraction of sp³-hybridized carbons (Fsp3) is 0.250. The van der Waals surface area contributed by atoms with E-state index in [-0.39, 0.29) is 0 Å². The lowest BCUT2D eigenvalue weighted by molar-refractivity contribution is 0.327. The van der Waals surface area contributed by atoms with Crippen LogP contribution in [0.5, 0.6) is 17.5 Å². The number of fused-ring (bicyclic) bond motifs is 1. The maximum absolute atomic E-state index is 5.61. The maximum Gasteiger partial charge on any atom is 0.242 e. The number of pyridine rings is 2. The second-order valence-corrected chi connectivity index (χ2v) is 6.76. The Bertz CT molecular complexity index is 1190. The van der Waals surface area contributed by atoms with Crippen LogP contribution in [0.4, 0.5) is 5.82 Å². The van der Waals surface area contributed by atoms with Crippen LogP contribution in [0.2, 0.25) is 0 Å². The van der Waals surface area contributed by atoms with Gasteiger partial charge in [-0.2, -0.15) is 0 Å². The van der Waals surface area contributed by atoms with Crippen molar-refractivity contribution in [2.45, 2.75) is 6.92 Å². The Morgan fingerprint density at radius 2 is 1.94 bits per heavy atom. The van der Waals surface area contributed by atoms with Crippen LogP contribution in [0, 0.1) is 0 Å². The molecule has 4 aromatic rings. The zero-order valence-electron chi connectivity index (χ0n) is 17.5. The quantitative estimate of drug-likeness (QED) is 0.410. The molecule has 0 bridgehead atoms. The molecule has 10 nitrogen and oxygen atoms in total. The van der Waals surface area contributed by atoms with Gasteiger partial charge in [-0.3, -0.25) is 4.57 Å². The predicted octanol–water partition coefficient (Wildman–Crippen LogP) is 3.38. The highest BCUT2D eigenvalue weighted by atomic mass is 32.2. The zero-order chi connectivity index (χ0) is 21.8. The van der Waals surface area contributed by atoms with E-state index in [0.717, 1.165) is 0 Å². The lowest BCUT2D eigenvalue weighted by Crippen LogP contribution is -2.07. The van der Waals surface area contributed by atoms with Crippen LogP contribution in [0.15, 0.2) is 36.7 Å². The van der Waals surface area contributed by atoms with Crippen molar-refractivity contribution in [3.05, 3.63) is 36.7 Å². The average molecular weight is 440 g/mol. The van der Waals surface area contributed by atoms with Crippen LogP contribution < -0.4 is 18.9 Å². The molecule has 0 aromatic carbocycles. The van der Waals surface area contributed by atoms with Crippen LogP contribution >= 0.6 is 11.9 Å². The summed E-state index contributed by atoms with van der Waals surface area (Å²) in [6.45, 7) is 2.41. The van der Waals surface area contributed by atoms with Gasteiger partial charge in [-0.15, -0.1) is 0 Å². The van der Waals surface area contributed by atoms with E-state index in [1.54, 1.807) is 43.3 Å². The molecular weight excluding hydrogens is 418 g/mol. The van der Waals surface area contributed by atoms with E-state index in [0.29, 0.717) is 58.4 Å². The molecule has 0 spiro atoms. The van der Waals surface area contributed by atoms with Gasteiger partial charge in [0.25, 0.3) is 0 Å². The zero-order valence-corrected chi connectivity index (χ0v) is 18.3. The molecule has 0 aliphatic carbocycles. The van der Waals surface area contributed by atoms with Crippen LogP contribution in [-0.2, 0) is 0 Å². The van der Waals surface area contributed by atoms with Gasteiger partial charge in [0, 0.05) is 24.6 Å². The normalized spacial score (nSPS) is 10.8. The summed E-state index contributed by atoms with van der Waals surface area (Å²) in [6, 6.07) is 7.24. The fourth-order valence-corrected chi connectivity index (χ4v) is 3.40. The Balaban J connectivity index is 2.05. The lowest BCUT2D eigenvalue weighted by atomic mass is 10.3. The van der Waals surface area contributed by atoms with Crippen LogP contribution in [-0.4, -0.2) is 56.6 Å². The molecular formula is C20H21N7O3S. The Kier molecular flexibility index (Phi) is 6.03. The number of hydrogen-bond acceptors (Lipinski definition) is 10. The standard InChI is InChI=1S/C20H21N7O3S/c1-5-30-15-8-6-7-12(23-15)18-25-17-19(24-14(11-22-17)26-31-4)27(18)16-13(28-2)9-10-21-20(16)29-3/h6-11H,5H2,1-4H3,(H,24,26). The average Bonchev–Trinajstić information content (AvgIpc) is 3.17. The highest BCUT2D eigenvalue weighted by Crippen LogP contribution is 2.36. The molecule has 0 fully saturated rings. The largest absolute Gasteiger partial charge is 0.494 e. The minimum atomic E-state index is 0.353. The molecule has 0 unspecified atom stereocenters. The van der Waals surface area contributed by atoms with E-state index in [9.17, 15) is 0 Å². The van der Waals surface area contributed by atoms with E-state index in [1.165, 1.54) is 11.9 Å². The number of hydrogen-bond donors (Lipinski definition) is 1. The topological polar surface area (TPSA) is 109 Å². The smallest absolute Gasteiger partial charge is 0.242 e. The van der Waals surface area contributed by atoms with Gasteiger partial charge < -0.3 is 18.9 Å². The van der Waals surface area contributed by atoms with Gasteiger partial charge in [0.05, 0.1) is 27.0 Å². The van der Waals surface area contributed by atoms with Crippen molar-refractivity contribution >= 4 is 29.1 Å². The molecule has 0 atom stereocenters. The van der Waals surface area contributed by atoms with Crippen molar-refractivity contribution in [3.8, 4) is 34.7 Å². The maximum atomic E-state index is 5.61. The summed E-state index contributed by atoms with van der Waals surface area (Å²) in [7, 11) is 3.13. The Morgan fingerprint density at radius 1 is 1.06 bits per heavy atom. The van der Waals surface area contributed by atoms with Gasteiger partial charge in [0.1, 0.15) is 11.4 Å². The number of aromatic nitrogens is 6. The number of rotatable bonds is 8. The first-order valence-electron chi connectivity index (χ1n) is 9.42. The summed E-state index contributed by atoms with van der Waals surface area (Å²) in [5, 5.41) is 0. The number of anilines is 1. The Hall–Kier alpha value is -3.60. The number of imidazole rings is 1. The van der Waals surface area contributed by atoms with Gasteiger partial charge in [0.2, 0.25) is 11.8 Å². The number of nitrogens with one attached hydrogen (secondary N) is 1. The van der Waals surface area contributed by atoms with Gasteiger partial charge in [-0.1, -0.05) is 18.0 Å². The van der Waals surface area contributed by atoms with Crippen molar-refractivity contribution in [2.24, 2.45) is 0 Å². The summed E-state index contributed by atoms with van der Waals surface area (Å²) in [5.74, 6) is 2.48. The molecule has 0 aliphatic heterocycles. The van der Waals surface area contributed by atoms with Crippen molar-refractivity contribution in [2.75, 3.05) is 31.8 Å². The highest BCUT2D eigenvalue weighted by Gasteiger charge is 2.24. The molecule has 0 amide bonds. The summed E-state index contributed by atoms with van der Waals surface area (Å²) in [5.41, 5.74) is 2.07. The molecule has 1 N–H and O–H groups in total. The first-order valence-corrected chi connectivity index (χ1v) is 10.6. The van der Waals surface area contributed by atoms with Crippen molar-refractivity contribution in [3.63, 3.8) is 0 Å². The second kappa shape index (κ2) is 9.04. The van der Waals surface area contributed by atoms with Gasteiger partial charge in [-0.25, -0.2) is 24.9 Å². The SMILES string of the molecule is CCOc1cccc(-c2nc3ncc(NSC)nc3n2-c2c(OC)ccnc2OC)n1. The molecule has 0 saturated carbocycles. The summed E-state index contributed by atoms with van der Waals surface area (Å²) in [6.07, 6.45) is 5.15. The van der Waals surface area contributed by atoms with Crippen molar-refractivity contribution in [1.82, 2.24) is 29.5 Å². The minimum Gasteiger partial charge on any atom is -0.494 e. The minimum absolute atomic E-state index is 0.353. The van der Waals surface area contributed by atoms with Gasteiger partial charge >= 0.3 is 0 Å². The van der Waals surface area contributed by atoms with Crippen molar-refractivity contribution < 1.29 is 14.2 Å². The number of nitrogens with zero attached hydrogens (tertiary/aromatic N) is 6. The first kappa shape index (κ1) is 20.7. The van der Waals surface area contributed by atoms with E-state index >= 15 is 0 Å². The van der Waals surface area contributed by atoms with Crippen LogP contribution in [0.3, 0.4) is 0 Å². The van der Waals surface area contributed by atoms with E-state index < -0.39 is 0 Å². The molecule has 0 radical (unpaired) electrons. The van der Waals surface area contributed by atoms with Gasteiger partial charge in [0.15, 0.2) is 28.6 Å². The van der Waals surface area contributed by atoms with Gasteiger partial charge in [-0.05, 0) is 13.0 Å². The fourth-order valence-electron chi connectivity index (χ4n) is 3.10. The molecule has 160 valence electrons. The van der Waals surface area contributed by atoms with E-state index in [1.807, 2.05) is 25.3 Å². The van der Waals surface area contributed by atoms with E-state index in [4.69, 9.17) is 24.2 Å². The predicted molar refractivity (Wildman–Crippen MR) is 119 cm³/mol. The Labute approximate surface area is 183 Å². The highest BCUT2D eigenvalue weighted by molar-refractivity contribution is 7.99. The summed E-state index contributed by atoms with van der Waals surface area (Å²) in [4.78, 5) is 22.8. The molecule has 0 saturated heterocycles. The van der Waals surface area contributed by atoms with Crippen LogP contribution in [0.1, 0.15) is 6.92 Å². The third kappa shape index (κ3) is 3.91. The lowest BCUT2D eigenvalue weighted by Gasteiger charge is -2.15. The Morgan fingerprint density at radius 3 is 2.68 bits per heavy atom. The molecule has 31 heavy (non-hydrogen) atoms. The first-order chi connectivity index (χ1) is 15.2. The summed E-state index contributed by atoms with van der Waals surface area (Å²) >= 11 is 1.42. The molecule has 4 heterocycles. The van der Waals surface area contributed by atoms with Crippen molar-refractivity contribution in [1.29, 1.82) is 0 Å². The number of methoxy groups -OCH3 is 2. The third-order valence-electron chi connectivity index (χ3n) is 4.31. The third-order valence-corrected chi connectivity index (χ3v) is 4.73. The molecule has 4 rings (SSSR count). The monoisotopic (exact) mass is 439 g/mol. The molecule has 4 aromatic heterocycles. The summed E-state index contributed by atoms with van der Waals surface area (Å²) < 4.78 is 21.6. The number of ether oxygens (including phenoxy) is 3.